The summed E-state index contributed by atoms with van der Waals surface area (Å²) in [5, 5.41) is -0.109. The molecule has 0 spiro atoms. The molecule has 7 nitrogen and oxygen atoms in total. The Morgan fingerprint density at radius 1 is 1.17 bits per heavy atom. The number of carbonyl (C=O) groups excluding carboxylic acids is 3. The Kier molecular flexibility index (Phi) is 6.20. The maximum atomic E-state index is 12.4. The lowest BCUT2D eigenvalue weighted by atomic mass is 10.1. The first-order valence-electron chi connectivity index (χ1n) is 6.92. The average molecular weight is 336 g/mol. The van der Waals surface area contributed by atoms with E-state index in [1.54, 1.807) is 26.0 Å². The second kappa shape index (κ2) is 7.68. The normalized spacial score (nSPS) is 11.3. The molecule has 4 N–H and O–H groups in total. The van der Waals surface area contributed by atoms with Gasteiger partial charge in [0, 0.05) is 6.92 Å². The number of para-hydroxylation sites is 1. The Hall–Kier alpha value is -2.48. The first-order chi connectivity index (χ1) is 10.7. The molecule has 1 rings (SSSR count). The van der Waals surface area contributed by atoms with E-state index >= 15 is 0 Å². The number of hydrogen-bond acceptors (Lipinski definition) is 4. The number of hydrazine groups is 1. The van der Waals surface area contributed by atoms with E-state index in [2.05, 4.69) is 23.1 Å². The first kappa shape index (κ1) is 18.6. The van der Waals surface area contributed by atoms with Gasteiger partial charge in [-0.2, -0.15) is 0 Å². The third-order valence-corrected chi connectivity index (χ3v) is 3.38. The highest BCUT2D eigenvalue weighted by Crippen LogP contribution is 2.26. The lowest BCUT2D eigenvalue weighted by Crippen LogP contribution is -2.55. The third kappa shape index (κ3) is 4.49. The summed E-state index contributed by atoms with van der Waals surface area (Å²) in [6.07, 6.45) is 0. The van der Waals surface area contributed by atoms with Crippen LogP contribution in [0, 0.1) is 13.8 Å². The van der Waals surface area contributed by atoms with E-state index in [9.17, 15) is 14.4 Å². The Labute approximate surface area is 140 Å². The number of amides is 2. The fraction of sp³-hybridized carbons (Fsp3) is 0.333. The van der Waals surface area contributed by atoms with Crippen molar-refractivity contribution in [3.63, 3.8) is 0 Å². The van der Waals surface area contributed by atoms with Crippen LogP contribution in [0.5, 0.6) is 0 Å². The number of nitrogens with zero attached hydrogens (tertiary/aromatic N) is 1. The summed E-state index contributed by atoms with van der Waals surface area (Å²) in [5.74, 6) is -1.97. The second-order valence-electron chi connectivity index (χ2n) is 5.13. The van der Waals surface area contributed by atoms with E-state index in [1.165, 1.54) is 18.7 Å². The van der Waals surface area contributed by atoms with Crippen molar-refractivity contribution in [2.45, 2.75) is 33.7 Å². The van der Waals surface area contributed by atoms with E-state index in [1.807, 2.05) is 6.07 Å². The Morgan fingerprint density at radius 3 is 2.13 bits per heavy atom. The summed E-state index contributed by atoms with van der Waals surface area (Å²) in [7, 11) is 0. The maximum Gasteiger partial charge on any atom is 0.294 e. The molecule has 23 heavy (non-hydrogen) atoms. The molecule has 0 radical (unpaired) electrons. The van der Waals surface area contributed by atoms with Crippen molar-refractivity contribution in [2.75, 3.05) is 4.90 Å². The molecule has 1 aromatic carbocycles. The minimum atomic E-state index is -0.937. The zero-order chi connectivity index (χ0) is 17.7. The van der Waals surface area contributed by atoms with Gasteiger partial charge in [0.2, 0.25) is 5.78 Å². The molecule has 0 aliphatic rings. The van der Waals surface area contributed by atoms with E-state index < -0.39 is 23.6 Å². The lowest BCUT2D eigenvalue weighted by Gasteiger charge is -2.30. The first-order valence-corrected chi connectivity index (χ1v) is 7.33. The number of rotatable bonds is 4. The molecule has 0 heterocycles. The Balaban J connectivity index is 3.26. The predicted molar refractivity (Wildman–Crippen MR) is 91.6 cm³/mol. The highest BCUT2D eigenvalue weighted by molar-refractivity contribution is 7.80. The fourth-order valence-electron chi connectivity index (χ4n) is 2.17. The highest BCUT2D eigenvalue weighted by Gasteiger charge is 2.31. The van der Waals surface area contributed by atoms with E-state index in [4.69, 9.17) is 5.73 Å². The molecule has 0 bridgehead atoms. The van der Waals surface area contributed by atoms with Crippen molar-refractivity contribution < 1.29 is 14.4 Å². The number of Topliss-reactive ketones (excluding diaryl/α,β-unsaturated/α-hetero) is 1. The lowest BCUT2D eigenvalue weighted by molar-refractivity contribution is -0.136. The SMILES string of the molecule is CC(=O)C(=O)N(c1c(C)cccc1C)C(C)C(=O)NNC(N)=S. The van der Waals surface area contributed by atoms with Gasteiger partial charge in [-0.05, 0) is 44.1 Å². The number of thiocarbonyl (C=S) groups is 1. The van der Waals surface area contributed by atoms with Crippen molar-refractivity contribution in [1.82, 2.24) is 10.9 Å². The zero-order valence-corrected chi connectivity index (χ0v) is 14.3. The number of nitrogens with one attached hydrogen (secondary N) is 2. The summed E-state index contributed by atoms with van der Waals surface area (Å²) < 4.78 is 0. The molecule has 2 amide bonds. The van der Waals surface area contributed by atoms with Crippen LogP contribution in [-0.4, -0.2) is 28.8 Å². The van der Waals surface area contributed by atoms with Gasteiger partial charge in [-0.1, -0.05) is 18.2 Å². The van der Waals surface area contributed by atoms with Crippen molar-refractivity contribution >= 4 is 40.6 Å². The Morgan fingerprint density at radius 2 is 1.70 bits per heavy atom. The van der Waals surface area contributed by atoms with Gasteiger partial charge < -0.3 is 5.73 Å². The van der Waals surface area contributed by atoms with Gasteiger partial charge in [-0.15, -0.1) is 0 Å². The zero-order valence-electron chi connectivity index (χ0n) is 13.5. The minimum absolute atomic E-state index is 0.109. The molecule has 1 atom stereocenters. The average Bonchev–Trinajstić information content (AvgIpc) is 2.47. The van der Waals surface area contributed by atoms with Crippen molar-refractivity contribution in [3.05, 3.63) is 29.3 Å². The van der Waals surface area contributed by atoms with Gasteiger partial charge >= 0.3 is 0 Å². The van der Waals surface area contributed by atoms with Gasteiger partial charge in [0.1, 0.15) is 6.04 Å². The molecule has 0 saturated carbocycles. The smallest absolute Gasteiger partial charge is 0.294 e. The monoisotopic (exact) mass is 336 g/mol. The second-order valence-corrected chi connectivity index (χ2v) is 5.57. The van der Waals surface area contributed by atoms with Crippen LogP contribution in [0.2, 0.25) is 0 Å². The van der Waals surface area contributed by atoms with Gasteiger partial charge in [0.15, 0.2) is 5.11 Å². The van der Waals surface area contributed by atoms with Crippen molar-refractivity contribution in [2.24, 2.45) is 5.73 Å². The number of hydrogen-bond donors (Lipinski definition) is 3. The summed E-state index contributed by atoms with van der Waals surface area (Å²) in [5.41, 5.74) is 12.0. The number of nitrogens with two attached hydrogens (primary N) is 1. The van der Waals surface area contributed by atoms with E-state index in [0.717, 1.165) is 11.1 Å². The molecule has 0 saturated heterocycles. The van der Waals surface area contributed by atoms with Gasteiger partial charge in [0.25, 0.3) is 11.8 Å². The number of anilines is 1. The quantitative estimate of drug-likeness (QED) is 0.420. The van der Waals surface area contributed by atoms with Crippen molar-refractivity contribution in [3.8, 4) is 0 Å². The summed E-state index contributed by atoms with van der Waals surface area (Å²) in [4.78, 5) is 37.4. The van der Waals surface area contributed by atoms with Crippen LogP contribution in [0.15, 0.2) is 18.2 Å². The molecule has 0 aromatic heterocycles. The van der Waals surface area contributed by atoms with Crippen LogP contribution in [0.4, 0.5) is 5.69 Å². The van der Waals surface area contributed by atoms with Gasteiger partial charge in [0.05, 0.1) is 5.69 Å². The van der Waals surface area contributed by atoms with Crippen LogP contribution in [0.3, 0.4) is 0 Å². The molecule has 0 fully saturated rings. The molecular weight excluding hydrogens is 316 g/mol. The van der Waals surface area contributed by atoms with Gasteiger partial charge in [-0.25, -0.2) is 0 Å². The summed E-state index contributed by atoms with van der Waals surface area (Å²) in [6.45, 7) is 6.30. The highest BCUT2D eigenvalue weighted by atomic mass is 32.1. The number of aryl methyl sites for hydroxylation is 2. The minimum Gasteiger partial charge on any atom is -0.375 e. The van der Waals surface area contributed by atoms with Crippen LogP contribution in [0.25, 0.3) is 0 Å². The van der Waals surface area contributed by atoms with Crippen LogP contribution in [-0.2, 0) is 14.4 Å². The van der Waals surface area contributed by atoms with E-state index in [0.29, 0.717) is 5.69 Å². The van der Waals surface area contributed by atoms with Crippen LogP contribution in [0.1, 0.15) is 25.0 Å². The molecular formula is C15H20N4O3S. The molecule has 0 aliphatic heterocycles. The fourth-order valence-corrected chi connectivity index (χ4v) is 2.22. The van der Waals surface area contributed by atoms with E-state index in [-0.39, 0.29) is 5.11 Å². The molecule has 0 aliphatic carbocycles. The van der Waals surface area contributed by atoms with Crippen molar-refractivity contribution in [1.29, 1.82) is 0 Å². The van der Waals surface area contributed by atoms with Gasteiger partial charge in [-0.3, -0.25) is 30.1 Å². The topological polar surface area (TPSA) is 105 Å². The number of ketones is 1. The number of carbonyl (C=O) groups is 3. The molecule has 1 aromatic rings. The third-order valence-electron chi connectivity index (χ3n) is 3.28. The predicted octanol–water partition coefficient (Wildman–Crippen LogP) is 0.478. The molecule has 1 unspecified atom stereocenters. The maximum absolute atomic E-state index is 12.4. The Bertz CT molecular complexity index is 640. The molecule has 124 valence electrons. The standard InChI is InChI=1S/C15H20N4O3S/c1-8-6-5-7-9(2)12(8)19(14(22)11(4)20)10(3)13(21)17-18-15(16)23/h5-7,10H,1-4H3,(H,17,21)(H3,16,18,23). The largest absolute Gasteiger partial charge is 0.375 e. The number of benzene rings is 1. The van der Waals surface area contributed by atoms with Crippen LogP contribution < -0.4 is 21.5 Å². The van der Waals surface area contributed by atoms with Crippen LogP contribution >= 0.6 is 12.2 Å². The summed E-state index contributed by atoms with van der Waals surface area (Å²) >= 11 is 4.61. The summed E-state index contributed by atoms with van der Waals surface area (Å²) in [6, 6.07) is 4.51. The molecule has 8 heteroatoms.